The molecule has 1 nitrogen and oxygen atoms in total. The quantitative estimate of drug-likeness (QED) is 0.707. The summed E-state index contributed by atoms with van der Waals surface area (Å²) in [6, 6.07) is 2.28. The fourth-order valence-corrected chi connectivity index (χ4v) is 2.82. The third-order valence-electron chi connectivity index (χ3n) is 3.77. The van der Waals surface area contributed by atoms with Crippen LogP contribution in [0.3, 0.4) is 0 Å². The van der Waals surface area contributed by atoms with E-state index in [9.17, 15) is 0 Å². The number of hydrogen-bond donors (Lipinski definition) is 0. The first kappa shape index (κ1) is 11.9. The van der Waals surface area contributed by atoms with Gasteiger partial charge in [-0.2, -0.15) is 0 Å². The van der Waals surface area contributed by atoms with Crippen molar-refractivity contribution >= 4 is 11.6 Å². The van der Waals surface area contributed by atoms with Crippen LogP contribution in [0, 0.1) is 11.8 Å². The van der Waals surface area contributed by atoms with Crippen molar-refractivity contribution in [1.29, 1.82) is 0 Å². The molecular formula is C14H20ClN. The van der Waals surface area contributed by atoms with Gasteiger partial charge in [-0.15, -0.1) is 0 Å². The maximum absolute atomic E-state index is 6.15. The minimum Gasteiger partial charge on any atom is -0.241 e. The van der Waals surface area contributed by atoms with Crippen LogP contribution in [0.15, 0.2) is 6.07 Å². The van der Waals surface area contributed by atoms with Crippen LogP contribution in [-0.2, 0) is 19.3 Å². The summed E-state index contributed by atoms with van der Waals surface area (Å²) in [7, 11) is 0. The van der Waals surface area contributed by atoms with Crippen molar-refractivity contribution in [2.75, 3.05) is 0 Å². The highest BCUT2D eigenvalue weighted by Gasteiger charge is 2.22. The lowest BCUT2D eigenvalue weighted by molar-refractivity contribution is 0.340. The molecule has 88 valence electrons. The van der Waals surface area contributed by atoms with Gasteiger partial charge in [0.05, 0.1) is 0 Å². The molecule has 0 N–H and O–H groups in total. The second kappa shape index (κ2) is 4.75. The van der Waals surface area contributed by atoms with Gasteiger partial charge in [-0.1, -0.05) is 38.4 Å². The lowest BCUT2D eigenvalue weighted by Crippen LogP contribution is -2.20. The molecule has 2 heteroatoms. The van der Waals surface area contributed by atoms with Crippen molar-refractivity contribution in [2.24, 2.45) is 11.8 Å². The molecule has 0 aliphatic heterocycles. The van der Waals surface area contributed by atoms with E-state index in [1.54, 1.807) is 0 Å². The first-order chi connectivity index (χ1) is 7.61. The maximum Gasteiger partial charge on any atom is 0.132 e. The van der Waals surface area contributed by atoms with Gasteiger partial charge in [0, 0.05) is 5.69 Å². The maximum atomic E-state index is 6.15. The highest BCUT2D eigenvalue weighted by molar-refractivity contribution is 6.30. The number of rotatable bonds is 2. The highest BCUT2D eigenvalue weighted by atomic mass is 35.5. The van der Waals surface area contributed by atoms with E-state index in [-0.39, 0.29) is 0 Å². The molecule has 0 spiro atoms. The van der Waals surface area contributed by atoms with Crippen molar-refractivity contribution in [3.63, 3.8) is 0 Å². The topological polar surface area (TPSA) is 12.9 Å². The number of nitrogens with zero attached hydrogens (tertiary/aromatic N) is 1. The molecule has 1 aromatic rings. The van der Waals surface area contributed by atoms with Gasteiger partial charge in [-0.3, -0.25) is 0 Å². The normalized spacial score (nSPS) is 19.9. The molecule has 1 atom stereocenters. The predicted octanol–water partition coefficient (Wildman–Crippen LogP) is 4.06. The summed E-state index contributed by atoms with van der Waals surface area (Å²) in [4.78, 5) is 4.54. The summed E-state index contributed by atoms with van der Waals surface area (Å²) in [6.07, 6.45) is 4.52. The van der Waals surface area contributed by atoms with Gasteiger partial charge in [-0.25, -0.2) is 4.98 Å². The Balaban J connectivity index is 2.30. The molecule has 2 rings (SSSR count). The number of hydrogen-bond acceptors (Lipinski definition) is 1. The fourth-order valence-electron chi connectivity index (χ4n) is 2.53. The Labute approximate surface area is 103 Å². The molecule has 0 saturated carbocycles. The van der Waals surface area contributed by atoms with E-state index < -0.39 is 0 Å². The summed E-state index contributed by atoms with van der Waals surface area (Å²) < 4.78 is 0. The smallest absolute Gasteiger partial charge is 0.132 e. The van der Waals surface area contributed by atoms with Gasteiger partial charge in [-0.05, 0) is 48.6 Å². The molecule has 1 aliphatic carbocycles. The van der Waals surface area contributed by atoms with Crippen LogP contribution in [0.1, 0.15) is 44.0 Å². The van der Waals surface area contributed by atoms with Crippen LogP contribution in [0.25, 0.3) is 0 Å². The molecule has 1 aliphatic rings. The lowest BCUT2D eigenvalue weighted by atomic mass is 9.80. The first-order valence-electron chi connectivity index (χ1n) is 6.29. The van der Waals surface area contributed by atoms with Gasteiger partial charge in [0.15, 0.2) is 0 Å². The molecule has 1 aromatic heterocycles. The third kappa shape index (κ3) is 2.24. The molecule has 0 saturated heterocycles. The molecule has 1 unspecified atom stereocenters. The Kier molecular flexibility index (Phi) is 3.53. The Morgan fingerprint density at radius 1 is 1.50 bits per heavy atom. The molecule has 0 amide bonds. The monoisotopic (exact) mass is 237 g/mol. The SMILES string of the molecule is CCc1cc2c(nc1Cl)CCC(C(C)C)C2. The number of fused-ring (bicyclic) bond motifs is 1. The Bertz CT molecular complexity index is 385. The molecule has 1 heterocycles. The Morgan fingerprint density at radius 3 is 2.88 bits per heavy atom. The van der Waals surface area contributed by atoms with Gasteiger partial charge >= 0.3 is 0 Å². The summed E-state index contributed by atoms with van der Waals surface area (Å²) in [5.74, 6) is 1.59. The first-order valence-corrected chi connectivity index (χ1v) is 6.66. The average Bonchev–Trinajstić information content (AvgIpc) is 2.27. The standard InChI is InChI=1S/C14H20ClN/c1-4-10-7-12-8-11(9(2)3)5-6-13(12)16-14(10)15/h7,9,11H,4-6,8H2,1-3H3. The van der Waals surface area contributed by atoms with Crippen LogP contribution in [0.4, 0.5) is 0 Å². The zero-order chi connectivity index (χ0) is 11.7. The largest absolute Gasteiger partial charge is 0.241 e. The zero-order valence-corrected chi connectivity index (χ0v) is 11.1. The summed E-state index contributed by atoms with van der Waals surface area (Å²) in [5.41, 5.74) is 3.87. The van der Waals surface area contributed by atoms with Crippen LogP contribution >= 0.6 is 11.6 Å². The van der Waals surface area contributed by atoms with Gasteiger partial charge in [0.25, 0.3) is 0 Å². The summed E-state index contributed by atoms with van der Waals surface area (Å²) >= 11 is 6.15. The Morgan fingerprint density at radius 2 is 2.25 bits per heavy atom. The molecular weight excluding hydrogens is 218 g/mol. The van der Waals surface area contributed by atoms with E-state index in [4.69, 9.17) is 11.6 Å². The second-order valence-corrected chi connectivity index (χ2v) is 5.50. The lowest BCUT2D eigenvalue weighted by Gasteiger charge is -2.27. The third-order valence-corrected chi connectivity index (χ3v) is 4.10. The van der Waals surface area contributed by atoms with E-state index in [0.717, 1.165) is 24.7 Å². The van der Waals surface area contributed by atoms with Crippen LogP contribution in [0.2, 0.25) is 5.15 Å². The van der Waals surface area contributed by atoms with E-state index in [1.807, 2.05) is 0 Å². The number of halogens is 1. The fraction of sp³-hybridized carbons (Fsp3) is 0.643. The number of aromatic nitrogens is 1. The zero-order valence-electron chi connectivity index (χ0n) is 10.4. The van der Waals surface area contributed by atoms with Crippen molar-refractivity contribution in [2.45, 2.75) is 46.5 Å². The van der Waals surface area contributed by atoms with Crippen LogP contribution in [-0.4, -0.2) is 4.98 Å². The van der Waals surface area contributed by atoms with Crippen LogP contribution < -0.4 is 0 Å². The van der Waals surface area contributed by atoms with Crippen molar-refractivity contribution < 1.29 is 0 Å². The summed E-state index contributed by atoms with van der Waals surface area (Å²) in [6.45, 7) is 6.78. The molecule has 16 heavy (non-hydrogen) atoms. The highest BCUT2D eigenvalue weighted by Crippen LogP contribution is 2.31. The van der Waals surface area contributed by atoms with Gasteiger partial charge in [0.1, 0.15) is 5.15 Å². The number of aryl methyl sites for hydroxylation is 2. The minimum atomic E-state index is 0.712. The molecule has 0 fully saturated rings. The minimum absolute atomic E-state index is 0.712. The Hall–Kier alpha value is -0.560. The van der Waals surface area contributed by atoms with E-state index in [1.165, 1.54) is 29.7 Å². The average molecular weight is 238 g/mol. The van der Waals surface area contributed by atoms with Crippen molar-refractivity contribution in [1.82, 2.24) is 4.98 Å². The van der Waals surface area contributed by atoms with E-state index >= 15 is 0 Å². The van der Waals surface area contributed by atoms with Gasteiger partial charge < -0.3 is 0 Å². The van der Waals surface area contributed by atoms with Crippen molar-refractivity contribution in [3.05, 3.63) is 28.0 Å². The van der Waals surface area contributed by atoms with E-state index in [0.29, 0.717) is 5.15 Å². The summed E-state index contributed by atoms with van der Waals surface area (Å²) in [5, 5.41) is 0.712. The number of pyridine rings is 1. The van der Waals surface area contributed by atoms with Gasteiger partial charge in [0.2, 0.25) is 0 Å². The second-order valence-electron chi connectivity index (χ2n) is 5.14. The van der Waals surface area contributed by atoms with E-state index in [2.05, 4.69) is 31.8 Å². The molecule has 0 bridgehead atoms. The molecule has 0 radical (unpaired) electrons. The predicted molar refractivity (Wildman–Crippen MR) is 69.0 cm³/mol. The van der Waals surface area contributed by atoms with Crippen molar-refractivity contribution in [3.8, 4) is 0 Å². The molecule has 0 aromatic carbocycles. The van der Waals surface area contributed by atoms with Crippen LogP contribution in [0.5, 0.6) is 0 Å².